The number of piperazine rings is 1. The van der Waals surface area contributed by atoms with Gasteiger partial charge in [-0.2, -0.15) is 0 Å². The summed E-state index contributed by atoms with van der Waals surface area (Å²) in [4.78, 5) is 79.4. The molecule has 0 spiro atoms. The fourth-order valence-electron chi connectivity index (χ4n) is 13.3. The van der Waals surface area contributed by atoms with E-state index in [9.17, 15) is 37.7 Å². The van der Waals surface area contributed by atoms with Crippen LogP contribution in [0.15, 0.2) is 114 Å². The van der Waals surface area contributed by atoms with E-state index in [0.29, 0.717) is 49.6 Å². The number of likely N-dealkylation sites (tertiary alicyclic amines) is 1. The fraction of sp³-hybridized carbons (Fsp3) is 0.448. The van der Waals surface area contributed by atoms with Crippen LogP contribution in [0, 0.1) is 21.4 Å². The molecule has 88 heavy (non-hydrogen) atoms. The lowest BCUT2D eigenvalue weighted by atomic mass is 9.72. The largest absolute Gasteiger partial charge is 0.455 e. The topological polar surface area (TPSA) is 233 Å². The first-order chi connectivity index (χ1) is 42.4. The monoisotopic (exact) mass is 1230 g/mol. The third-order valence-electron chi connectivity index (χ3n) is 18.4. The normalized spacial score (nSPS) is 18.6. The smallest absolute Gasteiger partial charge is 0.293 e. The van der Waals surface area contributed by atoms with Crippen LogP contribution in [0.3, 0.4) is 0 Å². The summed E-state index contributed by atoms with van der Waals surface area (Å²) in [5.74, 6) is -1.03. The van der Waals surface area contributed by atoms with E-state index in [1.165, 1.54) is 47.9 Å². The van der Waals surface area contributed by atoms with Gasteiger partial charge in [-0.3, -0.25) is 39.5 Å². The number of nitro groups is 1. The van der Waals surface area contributed by atoms with Crippen molar-refractivity contribution in [1.29, 1.82) is 0 Å². The second-order valence-corrected chi connectivity index (χ2v) is 27.3. The standard InChI is InChI=1S/C67H79ClN10O9S/c1-67(2)28-24-49(56(40-67)47-14-16-50(68)17-15-47)43-75-33-35-76(36-34-75)51-18-20-55(61(38-51)87-52-37-48-25-29-69-63(48)71-42-52)64(80)73-88(85,86)53-19-21-58(60(39-53)78(83)84)70-41-45-26-31-74(32-27-45)30-9-7-5-3-4-6-8-11-46-12-10-13-54-57(46)44-77(66(54)82)59-22-23-62(79)72-65(59)81/h10,12-21,25,29,37-39,42,45,59,70H,3-9,11,22-24,26-28,30-36,40-41,43-44H2,1-2H3,(H,69,71)(H,73,80)(H,72,79,81). The quantitative estimate of drug-likeness (QED) is 0.0191. The Morgan fingerprint density at radius 2 is 1.61 bits per heavy atom. The number of nitrogens with zero attached hydrogens (tertiary/aromatic N) is 6. The molecule has 1 aliphatic carbocycles. The molecule has 0 bridgehead atoms. The Kier molecular flexibility index (Phi) is 19.3. The number of ether oxygens (including phenoxy) is 1. The molecule has 1 unspecified atom stereocenters. The number of nitro benzene ring substituents is 1. The molecule has 4 aliphatic heterocycles. The maximum atomic E-state index is 14.2. The van der Waals surface area contributed by atoms with Crippen molar-refractivity contribution < 1.29 is 37.3 Å². The van der Waals surface area contributed by atoms with E-state index in [-0.39, 0.29) is 46.6 Å². The molecule has 21 heteroatoms. The number of aromatic nitrogens is 2. The highest BCUT2D eigenvalue weighted by Gasteiger charge is 2.40. The van der Waals surface area contributed by atoms with Crippen molar-refractivity contribution in [2.75, 3.05) is 69.1 Å². The van der Waals surface area contributed by atoms with Gasteiger partial charge in [-0.15, -0.1) is 0 Å². The first-order valence-corrected chi connectivity index (χ1v) is 33.1. The average Bonchev–Trinajstić information content (AvgIpc) is 2.92. The van der Waals surface area contributed by atoms with Gasteiger partial charge in [-0.05, 0) is 166 Å². The van der Waals surface area contributed by atoms with Crippen LogP contribution in [0.2, 0.25) is 5.02 Å². The van der Waals surface area contributed by atoms with Crippen LogP contribution < -0.4 is 25.0 Å². The molecular formula is C67H79ClN10O9S. The number of halogens is 1. The predicted molar refractivity (Wildman–Crippen MR) is 341 cm³/mol. The zero-order chi connectivity index (χ0) is 61.5. The van der Waals surface area contributed by atoms with Gasteiger partial charge in [0, 0.05) is 92.2 Å². The molecule has 0 saturated carbocycles. The van der Waals surface area contributed by atoms with Crippen LogP contribution >= 0.6 is 11.6 Å². The molecule has 3 fully saturated rings. The average molecular weight is 1240 g/mol. The molecule has 3 saturated heterocycles. The summed E-state index contributed by atoms with van der Waals surface area (Å²) in [5.41, 5.74) is 8.34. The Morgan fingerprint density at radius 1 is 0.852 bits per heavy atom. The summed E-state index contributed by atoms with van der Waals surface area (Å²) in [6.45, 7) is 12.4. The minimum Gasteiger partial charge on any atom is -0.455 e. The van der Waals surface area contributed by atoms with Gasteiger partial charge in [-0.1, -0.05) is 87.4 Å². The van der Waals surface area contributed by atoms with Gasteiger partial charge < -0.3 is 29.7 Å². The molecule has 4 N–H and O–H groups in total. The molecule has 4 amide bonds. The Hall–Kier alpha value is -7.65. The third kappa shape index (κ3) is 14.9. The van der Waals surface area contributed by atoms with E-state index in [1.807, 2.05) is 30.3 Å². The van der Waals surface area contributed by atoms with Crippen LogP contribution in [-0.2, 0) is 32.6 Å². The Labute approximate surface area is 519 Å². The van der Waals surface area contributed by atoms with Crippen LogP contribution in [0.4, 0.5) is 17.1 Å². The van der Waals surface area contributed by atoms with Gasteiger partial charge in [0.25, 0.3) is 27.5 Å². The highest BCUT2D eigenvalue weighted by molar-refractivity contribution is 7.90. The molecule has 19 nitrogen and oxygen atoms in total. The highest BCUT2D eigenvalue weighted by Crippen LogP contribution is 2.44. The zero-order valence-corrected chi connectivity index (χ0v) is 51.9. The van der Waals surface area contributed by atoms with E-state index in [2.05, 4.69) is 72.1 Å². The maximum absolute atomic E-state index is 14.2. The van der Waals surface area contributed by atoms with Crippen molar-refractivity contribution >= 4 is 78.9 Å². The SMILES string of the molecule is CC1(C)CCC(CN2CCN(c3ccc(C(=O)NS(=O)(=O)c4ccc(NCC5CCN(CCCCCCCCCc6cccc7c6CN(C6CCC(=O)NC6=O)C7=O)CC5)c([N+](=O)[O-])c4)c(Oc4cnc5[nH]ccc5c4)c3)CC2)=C(c2ccc(Cl)cc2)C1. The molecule has 464 valence electrons. The predicted octanol–water partition coefficient (Wildman–Crippen LogP) is 11.7. The molecule has 0 radical (unpaired) electrons. The van der Waals surface area contributed by atoms with Gasteiger partial charge in [0.15, 0.2) is 0 Å². The number of benzene rings is 4. The first-order valence-electron chi connectivity index (χ1n) is 31.2. The number of aromatic amines is 1. The van der Waals surface area contributed by atoms with Gasteiger partial charge in [0.2, 0.25) is 11.8 Å². The Bertz CT molecular complexity index is 3720. The van der Waals surface area contributed by atoms with Crippen molar-refractivity contribution in [2.24, 2.45) is 11.3 Å². The number of unbranched alkanes of at least 4 members (excludes halogenated alkanes) is 6. The summed E-state index contributed by atoms with van der Waals surface area (Å²) in [5, 5.41) is 19.6. The summed E-state index contributed by atoms with van der Waals surface area (Å²) in [6, 6.07) is 25.8. The molecule has 11 rings (SSSR count). The van der Waals surface area contributed by atoms with Crippen LogP contribution in [0.1, 0.15) is 141 Å². The number of carbonyl (C=O) groups excluding carboxylic acids is 4. The van der Waals surface area contributed by atoms with E-state index in [0.717, 1.165) is 143 Å². The number of hydrogen-bond donors (Lipinski definition) is 4. The minimum absolute atomic E-state index is 0.0436. The van der Waals surface area contributed by atoms with Crippen molar-refractivity contribution in [3.63, 3.8) is 0 Å². The number of imide groups is 1. The van der Waals surface area contributed by atoms with Crippen LogP contribution in [-0.4, -0.2) is 127 Å². The van der Waals surface area contributed by atoms with E-state index in [1.54, 1.807) is 35.4 Å². The van der Waals surface area contributed by atoms with Crippen LogP contribution in [0.5, 0.6) is 11.5 Å². The Morgan fingerprint density at radius 3 is 2.38 bits per heavy atom. The van der Waals surface area contributed by atoms with Crippen molar-refractivity contribution in [1.82, 2.24) is 34.7 Å². The summed E-state index contributed by atoms with van der Waals surface area (Å²) in [6.07, 6.45) is 17.7. The minimum atomic E-state index is -4.61. The lowest BCUT2D eigenvalue weighted by Crippen LogP contribution is -2.52. The summed E-state index contributed by atoms with van der Waals surface area (Å²) >= 11 is 6.28. The molecule has 5 aliphatic rings. The third-order valence-corrected chi connectivity index (χ3v) is 20.0. The van der Waals surface area contributed by atoms with E-state index < -0.39 is 43.4 Å². The van der Waals surface area contributed by atoms with Gasteiger partial charge in [-0.25, -0.2) is 18.1 Å². The number of carbonyl (C=O) groups is 4. The number of aryl methyl sites for hydroxylation is 1. The van der Waals surface area contributed by atoms with Crippen molar-refractivity contribution in [3.05, 3.63) is 152 Å². The maximum Gasteiger partial charge on any atom is 0.293 e. The highest BCUT2D eigenvalue weighted by atomic mass is 35.5. The number of piperidine rings is 2. The van der Waals surface area contributed by atoms with Crippen molar-refractivity contribution in [3.8, 4) is 11.5 Å². The number of anilines is 2. The van der Waals surface area contributed by atoms with E-state index in [4.69, 9.17) is 16.3 Å². The Balaban J connectivity index is 0.637. The molecule has 1 atom stereocenters. The number of nitrogens with one attached hydrogen (secondary N) is 4. The lowest BCUT2D eigenvalue weighted by Gasteiger charge is -2.39. The number of hydrogen-bond acceptors (Lipinski definition) is 14. The number of allylic oxidation sites excluding steroid dienone is 1. The molecule has 4 aromatic carbocycles. The second-order valence-electron chi connectivity index (χ2n) is 25.2. The van der Waals surface area contributed by atoms with Gasteiger partial charge in [0.05, 0.1) is 21.6 Å². The van der Waals surface area contributed by atoms with Crippen molar-refractivity contribution in [2.45, 2.75) is 128 Å². The number of rotatable bonds is 24. The molecule has 2 aromatic heterocycles. The summed E-state index contributed by atoms with van der Waals surface area (Å²) in [7, 11) is -4.61. The van der Waals surface area contributed by atoms with Gasteiger partial charge in [0.1, 0.15) is 28.9 Å². The second kappa shape index (κ2) is 27.4. The number of H-pyrrole nitrogens is 1. The molecule has 6 aromatic rings. The molecular weight excluding hydrogens is 1160 g/mol. The number of fused-ring (bicyclic) bond motifs is 2. The first kappa shape index (κ1) is 62.0. The number of amides is 4. The zero-order valence-electron chi connectivity index (χ0n) is 50.3. The van der Waals surface area contributed by atoms with Gasteiger partial charge >= 0.3 is 0 Å². The fourth-order valence-corrected chi connectivity index (χ4v) is 14.4. The number of pyridine rings is 1. The molecule has 6 heterocycles. The number of sulfonamides is 1. The summed E-state index contributed by atoms with van der Waals surface area (Å²) < 4.78 is 36.5. The van der Waals surface area contributed by atoms with E-state index >= 15 is 0 Å². The lowest BCUT2D eigenvalue weighted by molar-refractivity contribution is -0.384. The van der Waals surface area contributed by atoms with Crippen LogP contribution in [0.25, 0.3) is 16.6 Å².